The van der Waals surface area contributed by atoms with Gasteiger partial charge in [0.05, 0.1) is 13.3 Å². The van der Waals surface area contributed by atoms with Crippen molar-refractivity contribution in [1.29, 1.82) is 0 Å². The number of piperidine rings is 1. The molecule has 0 aromatic rings. The number of carbonyl (C=O) groups excluding carboxylic acids is 2. The monoisotopic (exact) mass is 213 g/mol. The average Bonchev–Trinajstić information content (AvgIpc) is 2.26. The second-order valence-corrected chi connectivity index (χ2v) is 3.83. The molecular weight excluding hydrogens is 198 g/mol. The molecule has 1 amide bonds. The maximum Gasteiger partial charge on any atom is 0.323 e. The highest BCUT2D eigenvalue weighted by Gasteiger charge is 2.40. The lowest BCUT2D eigenvalue weighted by atomic mass is 9.87. The fourth-order valence-corrected chi connectivity index (χ4v) is 2.19. The lowest BCUT2D eigenvalue weighted by molar-refractivity contribution is -0.147. The van der Waals surface area contributed by atoms with Crippen molar-refractivity contribution in [3.63, 3.8) is 0 Å². The molecule has 2 aliphatic rings. The van der Waals surface area contributed by atoms with Crippen LogP contribution in [0.15, 0.2) is 0 Å². The van der Waals surface area contributed by atoms with E-state index in [1.54, 1.807) is 0 Å². The normalized spacial score (nSPS) is 35.3. The van der Waals surface area contributed by atoms with Crippen LogP contribution in [-0.2, 0) is 14.3 Å². The van der Waals surface area contributed by atoms with Gasteiger partial charge in [0.25, 0.3) is 0 Å². The molecule has 3 unspecified atom stereocenters. The zero-order valence-electron chi connectivity index (χ0n) is 8.58. The number of rotatable bonds is 1. The maximum atomic E-state index is 11.5. The molecule has 2 heterocycles. The minimum absolute atomic E-state index is 0.0364. The molecule has 15 heavy (non-hydrogen) atoms. The molecule has 84 valence electrons. The lowest BCUT2D eigenvalue weighted by Gasteiger charge is -2.41. The third-order valence-electron chi connectivity index (χ3n) is 2.98. The number of methoxy groups -OCH3 is 1. The second-order valence-electron chi connectivity index (χ2n) is 3.83. The predicted octanol–water partition coefficient (Wildman–Crippen LogP) is -1.47. The van der Waals surface area contributed by atoms with Crippen LogP contribution in [0.4, 0.5) is 0 Å². The van der Waals surface area contributed by atoms with Crippen LogP contribution >= 0.6 is 0 Å². The molecule has 3 atom stereocenters. The lowest BCUT2D eigenvalue weighted by Crippen LogP contribution is -2.67. The highest BCUT2D eigenvalue weighted by molar-refractivity contribution is 5.79. The molecule has 0 bridgehead atoms. The Labute approximate surface area is 87.7 Å². The van der Waals surface area contributed by atoms with E-state index in [1.165, 1.54) is 7.11 Å². The Morgan fingerprint density at radius 3 is 3.00 bits per heavy atom. The third kappa shape index (κ3) is 1.95. The van der Waals surface area contributed by atoms with E-state index in [9.17, 15) is 9.59 Å². The summed E-state index contributed by atoms with van der Waals surface area (Å²) >= 11 is 0. The summed E-state index contributed by atoms with van der Waals surface area (Å²) < 4.78 is 4.72. The molecular formula is C9H15N3O3. The van der Waals surface area contributed by atoms with E-state index < -0.39 is 0 Å². The molecule has 0 aliphatic carbocycles. The molecule has 3 N–H and O–H groups in total. The summed E-state index contributed by atoms with van der Waals surface area (Å²) in [5.74, 6) is -0.152. The average molecular weight is 213 g/mol. The van der Waals surface area contributed by atoms with Gasteiger partial charge in [-0.25, -0.2) is 0 Å². The molecule has 2 rings (SSSR count). The molecule has 2 aliphatic heterocycles. The van der Waals surface area contributed by atoms with Crippen LogP contribution in [0.5, 0.6) is 0 Å². The van der Waals surface area contributed by atoms with Crippen molar-refractivity contribution in [1.82, 2.24) is 16.0 Å². The zero-order chi connectivity index (χ0) is 10.8. The van der Waals surface area contributed by atoms with Gasteiger partial charge in [0.1, 0.15) is 6.04 Å². The first-order chi connectivity index (χ1) is 7.22. The van der Waals surface area contributed by atoms with Crippen LogP contribution in [0, 0.1) is 5.92 Å². The standard InChI is InChI=1S/C9H15N3O3/c1-15-9(14)7-5-2-3-6(13)12-8(5)11-4-10-7/h5,7-8,10-11H,2-4H2,1H3,(H,12,13). The number of esters is 1. The minimum Gasteiger partial charge on any atom is -0.468 e. The maximum absolute atomic E-state index is 11.5. The zero-order valence-corrected chi connectivity index (χ0v) is 8.58. The summed E-state index contributed by atoms with van der Waals surface area (Å²) in [6.45, 7) is 0.501. The van der Waals surface area contributed by atoms with E-state index in [-0.39, 0.29) is 30.0 Å². The molecule has 2 fully saturated rings. The Morgan fingerprint density at radius 1 is 1.47 bits per heavy atom. The summed E-state index contributed by atoms with van der Waals surface area (Å²) in [5, 5.41) is 8.99. The van der Waals surface area contributed by atoms with Crippen LogP contribution in [0.2, 0.25) is 0 Å². The van der Waals surface area contributed by atoms with Crippen LogP contribution < -0.4 is 16.0 Å². The number of ether oxygens (including phenoxy) is 1. The van der Waals surface area contributed by atoms with Crippen LogP contribution in [-0.4, -0.2) is 37.9 Å². The predicted molar refractivity (Wildman–Crippen MR) is 51.6 cm³/mol. The Morgan fingerprint density at radius 2 is 2.27 bits per heavy atom. The summed E-state index contributed by atoms with van der Waals surface area (Å²) in [7, 11) is 1.38. The van der Waals surface area contributed by atoms with Gasteiger partial charge in [0.2, 0.25) is 5.91 Å². The summed E-state index contributed by atoms with van der Waals surface area (Å²) in [6, 6.07) is -0.318. The van der Waals surface area contributed by atoms with Gasteiger partial charge in [-0.1, -0.05) is 0 Å². The van der Waals surface area contributed by atoms with Gasteiger partial charge in [-0.3, -0.25) is 20.2 Å². The molecule has 2 saturated heterocycles. The molecule has 0 aromatic heterocycles. The molecule has 0 spiro atoms. The number of fused-ring (bicyclic) bond motifs is 1. The van der Waals surface area contributed by atoms with Gasteiger partial charge in [-0.05, 0) is 6.42 Å². The minimum atomic E-state index is -0.318. The van der Waals surface area contributed by atoms with Gasteiger partial charge in [0.15, 0.2) is 0 Å². The van der Waals surface area contributed by atoms with E-state index in [1.807, 2.05) is 0 Å². The number of hydrogen-bond donors (Lipinski definition) is 3. The Hall–Kier alpha value is -1.14. The van der Waals surface area contributed by atoms with E-state index in [2.05, 4.69) is 16.0 Å². The second kappa shape index (κ2) is 4.16. The number of hydrogen-bond acceptors (Lipinski definition) is 5. The van der Waals surface area contributed by atoms with Gasteiger partial charge < -0.3 is 10.1 Å². The highest BCUT2D eigenvalue weighted by atomic mass is 16.5. The number of nitrogens with one attached hydrogen (secondary N) is 3. The fourth-order valence-electron chi connectivity index (χ4n) is 2.19. The van der Waals surface area contributed by atoms with Crippen LogP contribution in [0.3, 0.4) is 0 Å². The fraction of sp³-hybridized carbons (Fsp3) is 0.778. The first-order valence-corrected chi connectivity index (χ1v) is 5.06. The first kappa shape index (κ1) is 10.4. The molecule has 0 radical (unpaired) electrons. The Kier molecular flexibility index (Phi) is 2.88. The van der Waals surface area contributed by atoms with E-state index in [0.717, 1.165) is 0 Å². The van der Waals surface area contributed by atoms with E-state index in [4.69, 9.17) is 4.74 Å². The largest absolute Gasteiger partial charge is 0.468 e. The summed E-state index contributed by atoms with van der Waals surface area (Å²) in [6.07, 6.45) is 1.06. The smallest absolute Gasteiger partial charge is 0.323 e. The summed E-state index contributed by atoms with van der Waals surface area (Å²) in [4.78, 5) is 22.7. The highest BCUT2D eigenvalue weighted by Crippen LogP contribution is 2.22. The molecule has 6 nitrogen and oxygen atoms in total. The third-order valence-corrected chi connectivity index (χ3v) is 2.98. The van der Waals surface area contributed by atoms with Gasteiger partial charge in [0, 0.05) is 19.0 Å². The van der Waals surface area contributed by atoms with E-state index >= 15 is 0 Å². The number of amides is 1. The molecule has 6 heteroatoms. The van der Waals surface area contributed by atoms with Crippen molar-refractivity contribution in [3.05, 3.63) is 0 Å². The first-order valence-electron chi connectivity index (χ1n) is 5.06. The van der Waals surface area contributed by atoms with Gasteiger partial charge >= 0.3 is 5.97 Å². The SMILES string of the molecule is COC(=O)C1NCNC2NC(=O)CCC21. The summed E-state index contributed by atoms with van der Waals surface area (Å²) in [5.41, 5.74) is 0. The van der Waals surface area contributed by atoms with Gasteiger partial charge in [-0.2, -0.15) is 0 Å². The molecule has 0 saturated carbocycles. The van der Waals surface area contributed by atoms with Crippen molar-refractivity contribution in [3.8, 4) is 0 Å². The van der Waals surface area contributed by atoms with Crippen molar-refractivity contribution in [2.24, 2.45) is 5.92 Å². The van der Waals surface area contributed by atoms with Crippen LogP contribution in [0.25, 0.3) is 0 Å². The van der Waals surface area contributed by atoms with E-state index in [0.29, 0.717) is 19.5 Å². The Bertz CT molecular complexity index is 282. The molecule has 0 aromatic carbocycles. The topological polar surface area (TPSA) is 79.5 Å². The quantitative estimate of drug-likeness (QED) is 0.463. The van der Waals surface area contributed by atoms with Crippen molar-refractivity contribution >= 4 is 11.9 Å². The van der Waals surface area contributed by atoms with Crippen molar-refractivity contribution in [2.75, 3.05) is 13.8 Å². The van der Waals surface area contributed by atoms with Gasteiger partial charge in [-0.15, -0.1) is 0 Å². The number of carbonyl (C=O) groups is 2. The Balaban J connectivity index is 2.08. The van der Waals surface area contributed by atoms with Crippen LogP contribution in [0.1, 0.15) is 12.8 Å². The van der Waals surface area contributed by atoms with Crippen molar-refractivity contribution < 1.29 is 14.3 Å². The van der Waals surface area contributed by atoms with Crippen molar-refractivity contribution in [2.45, 2.75) is 25.0 Å².